The summed E-state index contributed by atoms with van der Waals surface area (Å²) >= 11 is 1.20. The highest BCUT2D eigenvalue weighted by Crippen LogP contribution is 2.36. The lowest BCUT2D eigenvalue weighted by molar-refractivity contribution is 0.104. The van der Waals surface area contributed by atoms with E-state index in [4.69, 9.17) is 4.74 Å². The van der Waals surface area contributed by atoms with E-state index < -0.39 is 6.43 Å². The Morgan fingerprint density at radius 2 is 1.79 bits per heavy atom. The number of hydrogen-bond donors (Lipinski definition) is 0. The molecular formula is C35H31F2N3O2S. The number of nitrogens with zero attached hydrogens (tertiary/aromatic N) is 3. The van der Waals surface area contributed by atoms with Gasteiger partial charge in [0.1, 0.15) is 22.5 Å². The SMILES string of the molecule is COc1ccc(/C=C/C(=O)c2ccc(N3CCCCC3)cc2)cc1CSc1nc(C(F)F)cc(-c2ccccc2)c1C#N. The predicted octanol–water partition coefficient (Wildman–Crippen LogP) is 8.75. The second kappa shape index (κ2) is 14.1. The summed E-state index contributed by atoms with van der Waals surface area (Å²) in [6.07, 6.45) is 4.16. The molecule has 3 aromatic carbocycles. The summed E-state index contributed by atoms with van der Waals surface area (Å²) in [6.45, 7) is 2.09. The van der Waals surface area contributed by atoms with Crippen molar-refractivity contribution < 1.29 is 18.3 Å². The molecule has 218 valence electrons. The number of hydrogen-bond acceptors (Lipinski definition) is 6. The molecule has 8 heteroatoms. The molecule has 0 radical (unpaired) electrons. The maximum absolute atomic E-state index is 13.8. The average molecular weight is 596 g/mol. The van der Waals surface area contributed by atoms with Crippen LogP contribution in [0, 0.1) is 11.3 Å². The van der Waals surface area contributed by atoms with Crippen LogP contribution < -0.4 is 9.64 Å². The van der Waals surface area contributed by atoms with Gasteiger partial charge < -0.3 is 9.64 Å². The number of carbonyl (C=O) groups excluding carboxylic acids is 1. The second-order valence-corrected chi connectivity index (χ2v) is 11.2. The molecule has 1 aliphatic heterocycles. The monoisotopic (exact) mass is 595 g/mol. The molecule has 1 fully saturated rings. The Kier molecular flexibility index (Phi) is 9.85. The maximum Gasteiger partial charge on any atom is 0.280 e. The summed E-state index contributed by atoms with van der Waals surface area (Å²) in [5.74, 6) is 0.826. The van der Waals surface area contributed by atoms with Gasteiger partial charge in [-0.3, -0.25) is 4.79 Å². The third-order valence-electron chi connectivity index (χ3n) is 7.40. The van der Waals surface area contributed by atoms with Crippen molar-refractivity contribution in [3.8, 4) is 22.9 Å². The summed E-state index contributed by atoms with van der Waals surface area (Å²) < 4.78 is 33.1. The average Bonchev–Trinajstić information content (AvgIpc) is 3.06. The largest absolute Gasteiger partial charge is 0.496 e. The third kappa shape index (κ3) is 7.30. The van der Waals surface area contributed by atoms with E-state index in [2.05, 4.69) is 16.0 Å². The first-order valence-corrected chi connectivity index (χ1v) is 15.1. The van der Waals surface area contributed by atoms with E-state index in [0.29, 0.717) is 28.2 Å². The number of alkyl halides is 2. The Bertz CT molecular complexity index is 1640. The van der Waals surface area contributed by atoms with Crippen LogP contribution >= 0.6 is 11.8 Å². The van der Waals surface area contributed by atoms with Crippen molar-refractivity contribution in [3.63, 3.8) is 0 Å². The lowest BCUT2D eigenvalue weighted by Crippen LogP contribution is -2.29. The third-order valence-corrected chi connectivity index (χ3v) is 8.42. The Hall–Kier alpha value is -4.48. The van der Waals surface area contributed by atoms with Gasteiger partial charge in [0.25, 0.3) is 6.43 Å². The first-order chi connectivity index (χ1) is 21.0. The highest BCUT2D eigenvalue weighted by Gasteiger charge is 2.20. The molecule has 1 saturated heterocycles. The number of pyridine rings is 1. The van der Waals surface area contributed by atoms with Crippen molar-refractivity contribution in [3.05, 3.63) is 113 Å². The Morgan fingerprint density at radius 1 is 1.05 bits per heavy atom. The molecule has 0 saturated carbocycles. The number of piperidine rings is 1. The molecule has 0 bridgehead atoms. The van der Waals surface area contributed by atoms with Crippen LogP contribution in [0.5, 0.6) is 5.75 Å². The summed E-state index contributed by atoms with van der Waals surface area (Å²) in [5.41, 5.74) is 4.27. The maximum atomic E-state index is 13.8. The highest BCUT2D eigenvalue weighted by atomic mass is 32.2. The molecule has 0 N–H and O–H groups in total. The van der Waals surface area contributed by atoms with Crippen molar-refractivity contribution in [2.75, 3.05) is 25.1 Å². The molecule has 43 heavy (non-hydrogen) atoms. The quantitative estimate of drug-likeness (QED) is 0.104. The fourth-order valence-electron chi connectivity index (χ4n) is 5.13. The lowest BCUT2D eigenvalue weighted by Gasteiger charge is -2.28. The standard InChI is InChI=1S/C35H31F2N3O2S/c1-42-33-17-11-24(10-16-32(41)26-12-14-28(15-13-26)40-18-6-3-7-19-40)20-27(33)23-43-35-30(22-38)29(21-31(39-35)34(36)37)25-8-4-2-5-9-25/h2,4-5,8-17,20-21,34H,3,6-7,18-19,23H2,1H3/b16-10+. The predicted molar refractivity (Wildman–Crippen MR) is 168 cm³/mol. The molecule has 5 rings (SSSR count). The normalized spacial score (nSPS) is 13.3. The van der Waals surface area contributed by atoms with Gasteiger partial charge in [-0.15, -0.1) is 11.8 Å². The van der Waals surface area contributed by atoms with Gasteiger partial charge in [-0.1, -0.05) is 42.5 Å². The van der Waals surface area contributed by atoms with Crippen LogP contribution in [0.25, 0.3) is 17.2 Å². The van der Waals surface area contributed by atoms with Gasteiger partial charge in [-0.05, 0) is 78.9 Å². The van der Waals surface area contributed by atoms with Crippen LogP contribution in [-0.4, -0.2) is 31.0 Å². The molecule has 0 unspecified atom stereocenters. The van der Waals surface area contributed by atoms with Crippen LogP contribution in [0.4, 0.5) is 14.5 Å². The van der Waals surface area contributed by atoms with Crippen molar-refractivity contribution in [2.24, 2.45) is 0 Å². The van der Waals surface area contributed by atoms with Crippen molar-refractivity contribution >= 4 is 29.3 Å². The number of halogens is 2. The molecule has 5 nitrogen and oxygen atoms in total. The first kappa shape index (κ1) is 30.0. The summed E-state index contributed by atoms with van der Waals surface area (Å²) in [7, 11) is 1.56. The zero-order valence-electron chi connectivity index (χ0n) is 23.8. The molecule has 0 atom stereocenters. The van der Waals surface area contributed by atoms with Crippen molar-refractivity contribution in [1.29, 1.82) is 5.26 Å². The van der Waals surface area contributed by atoms with E-state index in [1.807, 2.05) is 42.5 Å². The van der Waals surface area contributed by atoms with Gasteiger partial charge in [0.2, 0.25) is 0 Å². The summed E-state index contributed by atoms with van der Waals surface area (Å²) in [4.78, 5) is 19.4. The van der Waals surface area contributed by atoms with E-state index in [1.54, 1.807) is 49.6 Å². The number of nitriles is 1. The van der Waals surface area contributed by atoms with Gasteiger partial charge in [0.15, 0.2) is 5.78 Å². The van der Waals surface area contributed by atoms with Crippen LogP contribution in [0.2, 0.25) is 0 Å². The van der Waals surface area contributed by atoms with Crippen LogP contribution in [-0.2, 0) is 5.75 Å². The first-order valence-electron chi connectivity index (χ1n) is 14.1. The second-order valence-electron chi connectivity index (χ2n) is 10.2. The number of aromatic nitrogens is 1. The van der Waals surface area contributed by atoms with E-state index in [9.17, 15) is 18.8 Å². The molecular weight excluding hydrogens is 564 g/mol. The van der Waals surface area contributed by atoms with Gasteiger partial charge in [0, 0.05) is 41.2 Å². The Labute approximate surface area is 254 Å². The van der Waals surface area contributed by atoms with E-state index in [1.165, 1.54) is 37.1 Å². The number of anilines is 1. The Morgan fingerprint density at radius 3 is 2.47 bits per heavy atom. The molecule has 0 spiro atoms. The molecule has 4 aromatic rings. The van der Waals surface area contributed by atoms with Gasteiger partial charge in [-0.25, -0.2) is 13.8 Å². The number of methoxy groups -OCH3 is 1. The van der Waals surface area contributed by atoms with Gasteiger partial charge in [0.05, 0.1) is 12.7 Å². The molecule has 0 aliphatic carbocycles. The number of allylic oxidation sites excluding steroid dienone is 1. The topological polar surface area (TPSA) is 66.2 Å². The molecule has 1 aromatic heterocycles. The minimum atomic E-state index is -2.78. The number of benzene rings is 3. The van der Waals surface area contributed by atoms with E-state index in [0.717, 1.165) is 29.9 Å². The number of carbonyl (C=O) groups is 1. The molecule has 2 heterocycles. The molecule has 1 aliphatic rings. The number of rotatable bonds is 10. The smallest absolute Gasteiger partial charge is 0.280 e. The van der Waals surface area contributed by atoms with E-state index >= 15 is 0 Å². The lowest BCUT2D eigenvalue weighted by atomic mass is 10.0. The zero-order chi connectivity index (χ0) is 30.2. The summed E-state index contributed by atoms with van der Waals surface area (Å²) in [5, 5.41) is 10.2. The molecule has 0 amide bonds. The Balaban J connectivity index is 1.34. The van der Waals surface area contributed by atoms with Crippen molar-refractivity contribution in [2.45, 2.75) is 36.5 Å². The zero-order valence-corrected chi connectivity index (χ0v) is 24.6. The minimum absolute atomic E-state index is 0.0999. The van der Waals surface area contributed by atoms with Crippen LogP contribution in [0.15, 0.2) is 90.0 Å². The fourth-order valence-corrected chi connectivity index (χ4v) is 6.12. The number of ketones is 1. The van der Waals surface area contributed by atoms with Crippen molar-refractivity contribution in [1.82, 2.24) is 4.98 Å². The minimum Gasteiger partial charge on any atom is -0.496 e. The van der Waals surface area contributed by atoms with Crippen LogP contribution in [0.1, 0.15) is 58.4 Å². The summed E-state index contributed by atoms with van der Waals surface area (Å²) in [6, 6.07) is 25.7. The number of thioether (sulfide) groups is 1. The van der Waals surface area contributed by atoms with Crippen LogP contribution in [0.3, 0.4) is 0 Å². The highest BCUT2D eigenvalue weighted by molar-refractivity contribution is 7.98. The van der Waals surface area contributed by atoms with E-state index in [-0.39, 0.29) is 22.1 Å². The van der Waals surface area contributed by atoms with Gasteiger partial charge in [-0.2, -0.15) is 5.26 Å². The number of ether oxygens (including phenoxy) is 1. The fraction of sp³-hybridized carbons (Fsp3) is 0.229. The van der Waals surface area contributed by atoms with Gasteiger partial charge >= 0.3 is 0 Å².